The fraction of sp³-hybridized carbons (Fsp3) is 0.571. The Morgan fingerprint density at radius 1 is 1.24 bits per heavy atom. The van der Waals surface area contributed by atoms with Gasteiger partial charge in [0.25, 0.3) is 0 Å². The van der Waals surface area contributed by atoms with Gasteiger partial charge < -0.3 is 15.0 Å². The number of ether oxygens (including phenoxy) is 1. The molecule has 1 aromatic carbocycles. The average molecular weight is 234 g/mol. The summed E-state index contributed by atoms with van der Waals surface area (Å²) in [6.45, 7) is 5.36. The maximum Gasteiger partial charge on any atom is 0.0733 e. The number of methoxy groups -OCH3 is 1. The Balaban J connectivity index is 1.80. The molecule has 1 aliphatic heterocycles. The minimum Gasteiger partial charge on any atom is -0.383 e. The lowest BCUT2D eigenvalue weighted by atomic mass is 10.2. The molecule has 17 heavy (non-hydrogen) atoms. The molecule has 3 nitrogen and oxygen atoms in total. The molecular formula is C14H22N2O. The van der Waals surface area contributed by atoms with Gasteiger partial charge in [0.15, 0.2) is 0 Å². The molecule has 0 bridgehead atoms. The molecule has 0 spiro atoms. The Kier molecular flexibility index (Phi) is 4.83. The molecule has 2 rings (SSSR count). The van der Waals surface area contributed by atoms with E-state index in [0.717, 1.165) is 13.1 Å². The van der Waals surface area contributed by atoms with Crippen LogP contribution in [-0.2, 0) is 11.3 Å². The van der Waals surface area contributed by atoms with E-state index in [1.165, 1.54) is 37.2 Å². The van der Waals surface area contributed by atoms with Gasteiger partial charge in [-0.25, -0.2) is 0 Å². The van der Waals surface area contributed by atoms with E-state index in [2.05, 4.69) is 34.5 Å². The van der Waals surface area contributed by atoms with Gasteiger partial charge in [-0.3, -0.25) is 0 Å². The Morgan fingerprint density at radius 3 is 2.76 bits per heavy atom. The average Bonchev–Trinajstić information content (AvgIpc) is 2.85. The van der Waals surface area contributed by atoms with Crippen LogP contribution in [0.25, 0.3) is 0 Å². The van der Waals surface area contributed by atoms with Crippen molar-refractivity contribution in [3.05, 3.63) is 29.8 Å². The summed E-state index contributed by atoms with van der Waals surface area (Å²) in [6.07, 6.45) is 2.72. The van der Waals surface area contributed by atoms with Gasteiger partial charge in [-0.15, -0.1) is 0 Å². The number of anilines is 1. The lowest BCUT2D eigenvalue weighted by Crippen LogP contribution is -2.26. The number of likely N-dealkylation sites (tertiary alicyclic amines) is 1. The fourth-order valence-corrected chi connectivity index (χ4v) is 2.33. The van der Waals surface area contributed by atoms with E-state index in [4.69, 9.17) is 4.74 Å². The van der Waals surface area contributed by atoms with Crippen LogP contribution in [-0.4, -0.2) is 38.2 Å². The quantitative estimate of drug-likeness (QED) is 0.817. The van der Waals surface area contributed by atoms with E-state index < -0.39 is 0 Å². The highest BCUT2D eigenvalue weighted by Gasteiger charge is 2.10. The molecule has 0 saturated carbocycles. The molecule has 94 valence electrons. The van der Waals surface area contributed by atoms with Gasteiger partial charge in [0, 0.05) is 31.5 Å². The molecular weight excluding hydrogens is 212 g/mol. The minimum atomic E-state index is 0.673. The summed E-state index contributed by atoms with van der Waals surface area (Å²) >= 11 is 0. The zero-order valence-corrected chi connectivity index (χ0v) is 10.6. The smallest absolute Gasteiger partial charge is 0.0733 e. The molecule has 1 N–H and O–H groups in total. The minimum absolute atomic E-state index is 0.673. The van der Waals surface area contributed by atoms with E-state index in [1.807, 2.05) is 0 Å². The molecule has 0 unspecified atom stereocenters. The molecule has 1 aliphatic rings. The van der Waals surface area contributed by atoms with Crippen LogP contribution in [0.15, 0.2) is 24.3 Å². The first-order valence-corrected chi connectivity index (χ1v) is 6.43. The molecule has 0 aromatic heterocycles. The van der Waals surface area contributed by atoms with Crippen molar-refractivity contribution in [2.75, 3.05) is 38.6 Å². The maximum atomic E-state index is 5.20. The van der Waals surface area contributed by atoms with Crippen LogP contribution >= 0.6 is 0 Å². The van der Waals surface area contributed by atoms with Gasteiger partial charge in [0.1, 0.15) is 0 Å². The zero-order chi connectivity index (χ0) is 11.9. The number of benzene rings is 1. The summed E-state index contributed by atoms with van der Waals surface area (Å²) in [5.74, 6) is 0. The van der Waals surface area contributed by atoms with E-state index in [9.17, 15) is 0 Å². The van der Waals surface area contributed by atoms with Crippen LogP contribution in [0.4, 0.5) is 5.69 Å². The van der Waals surface area contributed by atoms with Gasteiger partial charge in [-0.2, -0.15) is 0 Å². The summed E-state index contributed by atoms with van der Waals surface area (Å²) in [5.41, 5.74) is 2.44. The van der Waals surface area contributed by atoms with Crippen LogP contribution < -0.4 is 5.32 Å². The van der Waals surface area contributed by atoms with Crippen LogP contribution in [0, 0.1) is 0 Å². The largest absolute Gasteiger partial charge is 0.383 e. The molecule has 3 heteroatoms. The maximum absolute atomic E-state index is 5.20. The van der Waals surface area contributed by atoms with E-state index in [0.29, 0.717) is 6.61 Å². The number of rotatable bonds is 6. The molecule has 0 radical (unpaired) electrons. The topological polar surface area (TPSA) is 24.5 Å². The number of nitrogens with one attached hydrogen (secondary N) is 1. The second-order valence-corrected chi connectivity index (χ2v) is 4.57. The Hall–Kier alpha value is -1.06. The summed E-state index contributed by atoms with van der Waals surface area (Å²) in [4.78, 5) is 2.52. The van der Waals surface area contributed by atoms with Crippen molar-refractivity contribution in [2.24, 2.45) is 0 Å². The van der Waals surface area contributed by atoms with Crippen molar-refractivity contribution in [1.29, 1.82) is 0 Å². The van der Waals surface area contributed by atoms with Crippen LogP contribution in [0.3, 0.4) is 0 Å². The highest BCUT2D eigenvalue weighted by molar-refractivity contribution is 5.50. The molecule has 1 heterocycles. The fourth-order valence-electron chi connectivity index (χ4n) is 2.33. The Morgan fingerprint density at radius 2 is 2.00 bits per heavy atom. The normalized spacial score (nSPS) is 16.3. The van der Waals surface area contributed by atoms with E-state index >= 15 is 0 Å². The van der Waals surface area contributed by atoms with E-state index in [-0.39, 0.29) is 0 Å². The molecule has 1 aromatic rings. The predicted octanol–water partition coefficient (Wildman–Crippen LogP) is 2.34. The number of hydrogen-bond donors (Lipinski definition) is 1. The molecule has 0 amide bonds. The van der Waals surface area contributed by atoms with Crippen LogP contribution in [0.2, 0.25) is 0 Å². The Labute approximate surface area is 104 Å². The lowest BCUT2D eigenvalue weighted by Gasteiger charge is -2.16. The predicted molar refractivity (Wildman–Crippen MR) is 71.3 cm³/mol. The molecule has 0 atom stereocenters. The SMILES string of the molecule is COCc1ccccc1NCCN1CCCC1. The number of hydrogen-bond acceptors (Lipinski definition) is 3. The second-order valence-electron chi connectivity index (χ2n) is 4.57. The summed E-state index contributed by atoms with van der Waals surface area (Å²) < 4.78 is 5.20. The molecule has 1 fully saturated rings. The van der Waals surface area contributed by atoms with E-state index in [1.54, 1.807) is 7.11 Å². The van der Waals surface area contributed by atoms with Gasteiger partial charge >= 0.3 is 0 Å². The second kappa shape index (κ2) is 6.62. The van der Waals surface area contributed by atoms with Crippen molar-refractivity contribution >= 4 is 5.69 Å². The zero-order valence-electron chi connectivity index (χ0n) is 10.6. The first-order valence-electron chi connectivity index (χ1n) is 6.43. The standard InChI is InChI=1S/C14H22N2O/c1-17-12-13-6-2-3-7-14(13)15-8-11-16-9-4-5-10-16/h2-3,6-7,15H,4-5,8-12H2,1H3. The summed E-state index contributed by atoms with van der Waals surface area (Å²) in [7, 11) is 1.74. The number of para-hydroxylation sites is 1. The third-order valence-corrected chi connectivity index (χ3v) is 3.26. The van der Waals surface area contributed by atoms with Gasteiger partial charge in [0.05, 0.1) is 6.61 Å². The van der Waals surface area contributed by atoms with Crippen molar-refractivity contribution in [3.63, 3.8) is 0 Å². The number of nitrogens with zero attached hydrogens (tertiary/aromatic N) is 1. The van der Waals surface area contributed by atoms with Crippen molar-refractivity contribution in [1.82, 2.24) is 4.90 Å². The van der Waals surface area contributed by atoms with Crippen LogP contribution in [0.1, 0.15) is 18.4 Å². The highest BCUT2D eigenvalue weighted by Crippen LogP contribution is 2.15. The van der Waals surface area contributed by atoms with Gasteiger partial charge in [-0.1, -0.05) is 18.2 Å². The molecule has 0 aliphatic carbocycles. The van der Waals surface area contributed by atoms with Crippen molar-refractivity contribution < 1.29 is 4.74 Å². The third kappa shape index (κ3) is 3.72. The lowest BCUT2D eigenvalue weighted by molar-refractivity contribution is 0.185. The van der Waals surface area contributed by atoms with Gasteiger partial charge in [0.2, 0.25) is 0 Å². The summed E-state index contributed by atoms with van der Waals surface area (Å²) in [5, 5.41) is 3.50. The summed E-state index contributed by atoms with van der Waals surface area (Å²) in [6, 6.07) is 8.36. The first kappa shape index (κ1) is 12.4. The van der Waals surface area contributed by atoms with Crippen LogP contribution in [0.5, 0.6) is 0 Å². The third-order valence-electron chi connectivity index (χ3n) is 3.26. The molecule has 1 saturated heterocycles. The monoisotopic (exact) mass is 234 g/mol. The Bertz CT molecular complexity index is 335. The van der Waals surface area contributed by atoms with Crippen molar-refractivity contribution in [2.45, 2.75) is 19.4 Å². The highest BCUT2D eigenvalue weighted by atomic mass is 16.5. The van der Waals surface area contributed by atoms with Gasteiger partial charge in [-0.05, 0) is 32.0 Å². The van der Waals surface area contributed by atoms with Crippen molar-refractivity contribution in [3.8, 4) is 0 Å². The first-order chi connectivity index (χ1) is 8.40.